The van der Waals surface area contributed by atoms with Crippen molar-refractivity contribution in [1.82, 2.24) is 19.7 Å². The van der Waals surface area contributed by atoms with Crippen molar-refractivity contribution >= 4 is 0 Å². The summed E-state index contributed by atoms with van der Waals surface area (Å²) < 4.78 is 1.74. The zero-order valence-electron chi connectivity index (χ0n) is 12.6. The lowest BCUT2D eigenvalue weighted by atomic mass is 10.00. The van der Waals surface area contributed by atoms with E-state index in [1.807, 2.05) is 20.9 Å². The molecule has 1 aliphatic rings. The number of nitrogens with one attached hydrogen (secondary N) is 1. The normalized spacial score (nSPS) is 15.8. The van der Waals surface area contributed by atoms with E-state index in [0.29, 0.717) is 11.4 Å². The third-order valence-corrected chi connectivity index (χ3v) is 4.44. The second-order valence-corrected chi connectivity index (χ2v) is 5.80. The average molecular weight is 288 g/mol. The number of nitrogens with zero attached hydrogens (tertiary/aromatic N) is 3. The van der Waals surface area contributed by atoms with Crippen LogP contribution in [-0.4, -0.2) is 24.9 Å². The molecule has 1 aliphatic carbocycles. The van der Waals surface area contributed by atoms with Gasteiger partial charge in [-0.25, -0.2) is 0 Å². The number of H-pyrrole nitrogens is 1. The molecule has 0 atom stereocenters. The van der Waals surface area contributed by atoms with Crippen molar-refractivity contribution in [3.05, 3.63) is 27.3 Å². The predicted octanol–water partition coefficient (Wildman–Crippen LogP) is 2.15. The molecule has 0 bridgehead atoms. The van der Waals surface area contributed by atoms with Gasteiger partial charge in [0.2, 0.25) is 5.88 Å². The average Bonchev–Trinajstić information content (AvgIpc) is 2.99. The molecule has 0 aliphatic heterocycles. The van der Waals surface area contributed by atoms with Gasteiger partial charge in [-0.1, -0.05) is 12.8 Å². The largest absolute Gasteiger partial charge is 0.493 e. The summed E-state index contributed by atoms with van der Waals surface area (Å²) in [6.07, 6.45) is 4.10. The maximum atomic E-state index is 12.4. The van der Waals surface area contributed by atoms with Gasteiger partial charge >= 0.3 is 0 Å². The highest BCUT2D eigenvalue weighted by atomic mass is 16.3. The molecule has 112 valence electrons. The topological polar surface area (TPSA) is 83.8 Å². The lowest BCUT2D eigenvalue weighted by Gasteiger charge is -2.11. The fourth-order valence-corrected chi connectivity index (χ4v) is 3.29. The Morgan fingerprint density at radius 3 is 2.48 bits per heavy atom. The summed E-state index contributed by atoms with van der Waals surface area (Å²) in [6, 6.07) is 0. The van der Waals surface area contributed by atoms with E-state index in [2.05, 4.69) is 15.1 Å². The van der Waals surface area contributed by atoms with E-state index in [1.165, 1.54) is 0 Å². The Bertz CT molecular complexity index is 739. The van der Waals surface area contributed by atoms with Crippen molar-refractivity contribution in [3.8, 4) is 17.3 Å². The highest BCUT2D eigenvalue weighted by Crippen LogP contribution is 2.36. The van der Waals surface area contributed by atoms with E-state index in [4.69, 9.17) is 0 Å². The third kappa shape index (κ3) is 2.24. The second kappa shape index (κ2) is 5.02. The molecule has 6 heteroatoms. The second-order valence-electron chi connectivity index (χ2n) is 5.80. The van der Waals surface area contributed by atoms with Crippen LogP contribution in [-0.2, 0) is 7.05 Å². The van der Waals surface area contributed by atoms with E-state index in [-0.39, 0.29) is 17.4 Å². The van der Waals surface area contributed by atoms with Crippen LogP contribution in [0.4, 0.5) is 0 Å². The van der Waals surface area contributed by atoms with E-state index in [9.17, 15) is 9.90 Å². The molecular formula is C15H20N4O2. The molecule has 1 fully saturated rings. The molecule has 0 radical (unpaired) electrons. The maximum absolute atomic E-state index is 12.4. The first kappa shape index (κ1) is 13.9. The standard InChI is InChI=1S/C15H20N4O2/c1-8-11(9(2)19(3)18-8)13-16-14(20)12(15(21)17-13)10-6-4-5-7-10/h10H,4-7H2,1-3H3,(H2,16,17,20,21). The van der Waals surface area contributed by atoms with Gasteiger partial charge in [0, 0.05) is 12.7 Å². The minimum Gasteiger partial charge on any atom is -0.493 e. The van der Waals surface area contributed by atoms with Crippen molar-refractivity contribution < 1.29 is 5.11 Å². The third-order valence-electron chi connectivity index (χ3n) is 4.44. The number of rotatable bonds is 2. The number of aryl methyl sites for hydroxylation is 2. The molecular weight excluding hydrogens is 268 g/mol. The van der Waals surface area contributed by atoms with Crippen molar-refractivity contribution in [2.24, 2.45) is 7.05 Å². The molecule has 6 nitrogen and oxygen atoms in total. The highest BCUT2D eigenvalue weighted by Gasteiger charge is 2.25. The van der Waals surface area contributed by atoms with E-state index >= 15 is 0 Å². The summed E-state index contributed by atoms with van der Waals surface area (Å²) in [7, 11) is 1.84. The Hall–Kier alpha value is -2.11. The first-order valence-electron chi connectivity index (χ1n) is 7.32. The first-order valence-corrected chi connectivity index (χ1v) is 7.32. The monoisotopic (exact) mass is 288 g/mol. The van der Waals surface area contributed by atoms with Gasteiger partial charge in [0.05, 0.1) is 16.8 Å². The van der Waals surface area contributed by atoms with Crippen LogP contribution < -0.4 is 5.56 Å². The number of hydrogen-bond acceptors (Lipinski definition) is 4. The molecule has 0 amide bonds. The van der Waals surface area contributed by atoms with E-state index < -0.39 is 0 Å². The molecule has 0 spiro atoms. The molecule has 0 unspecified atom stereocenters. The van der Waals surface area contributed by atoms with Gasteiger partial charge in [-0.05, 0) is 32.6 Å². The number of aromatic amines is 1. The fourth-order valence-electron chi connectivity index (χ4n) is 3.29. The zero-order chi connectivity index (χ0) is 15.1. The first-order chi connectivity index (χ1) is 9.99. The van der Waals surface area contributed by atoms with Gasteiger partial charge in [0.1, 0.15) is 5.82 Å². The summed E-state index contributed by atoms with van der Waals surface area (Å²) in [4.78, 5) is 19.4. The fraction of sp³-hybridized carbons (Fsp3) is 0.533. The quantitative estimate of drug-likeness (QED) is 0.887. The van der Waals surface area contributed by atoms with Crippen molar-refractivity contribution in [1.29, 1.82) is 0 Å². The Morgan fingerprint density at radius 1 is 1.29 bits per heavy atom. The smallest absolute Gasteiger partial charge is 0.258 e. The number of aromatic nitrogens is 4. The molecule has 2 aromatic rings. The van der Waals surface area contributed by atoms with Crippen LogP contribution in [0.1, 0.15) is 48.6 Å². The highest BCUT2D eigenvalue weighted by molar-refractivity contribution is 5.61. The van der Waals surface area contributed by atoms with E-state index in [0.717, 1.165) is 42.6 Å². The van der Waals surface area contributed by atoms with Gasteiger partial charge < -0.3 is 10.1 Å². The molecule has 2 aromatic heterocycles. The Morgan fingerprint density at radius 2 is 1.95 bits per heavy atom. The predicted molar refractivity (Wildman–Crippen MR) is 79.4 cm³/mol. The van der Waals surface area contributed by atoms with Gasteiger partial charge in [0.15, 0.2) is 0 Å². The SMILES string of the molecule is Cc1nn(C)c(C)c1-c1nc(O)c(C2CCCC2)c(=O)[nH]1. The lowest BCUT2D eigenvalue weighted by Crippen LogP contribution is -2.17. The van der Waals surface area contributed by atoms with Gasteiger partial charge in [-0.3, -0.25) is 9.48 Å². The van der Waals surface area contributed by atoms with Crippen molar-refractivity contribution in [2.75, 3.05) is 0 Å². The van der Waals surface area contributed by atoms with Crippen molar-refractivity contribution in [2.45, 2.75) is 45.4 Å². The minimum absolute atomic E-state index is 0.131. The Balaban J connectivity index is 2.12. The summed E-state index contributed by atoms with van der Waals surface area (Å²) >= 11 is 0. The van der Waals surface area contributed by atoms with Gasteiger partial charge in [0.25, 0.3) is 5.56 Å². The van der Waals surface area contributed by atoms with Crippen LogP contribution in [0, 0.1) is 13.8 Å². The van der Waals surface area contributed by atoms with Crippen LogP contribution in [0.25, 0.3) is 11.4 Å². The molecule has 0 saturated heterocycles. The minimum atomic E-state index is -0.230. The van der Waals surface area contributed by atoms with Crippen LogP contribution >= 0.6 is 0 Å². The number of aromatic hydroxyl groups is 1. The van der Waals surface area contributed by atoms with Crippen LogP contribution in [0.5, 0.6) is 5.88 Å². The zero-order valence-corrected chi connectivity index (χ0v) is 12.6. The van der Waals surface area contributed by atoms with E-state index in [1.54, 1.807) is 4.68 Å². The summed E-state index contributed by atoms with van der Waals surface area (Å²) in [6.45, 7) is 3.78. The van der Waals surface area contributed by atoms with Crippen LogP contribution in [0.15, 0.2) is 4.79 Å². The van der Waals surface area contributed by atoms with Crippen molar-refractivity contribution in [3.63, 3.8) is 0 Å². The molecule has 2 heterocycles. The van der Waals surface area contributed by atoms with Crippen LogP contribution in [0.3, 0.4) is 0 Å². The molecule has 0 aromatic carbocycles. The van der Waals surface area contributed by atoms with Crippen LogP contribution in [0.2, 0.25) is 0 Å². The Kier molecular flexibility index (Phi) is 3.31. The molecule has 3 rings (SSSR count). The molecule has 21 heavy (non-hydrogen) atoms. The van der Waals surface area contributed by atoms with Gasteiger partial charge in [-0.2, -0.15) is 10.1 Å². The number of hydrogen-bond donors (Lipinski definition) is 2. The summed E-state index contributed by atoms with van der Waals surface area (Å²) in [5.41, 5.74) is 2.68. The Labute approximate surface area is 122 Å². The summed E-state index contributed by atoms with van der Waals surface area (Å²) in [5, 5.41) is 14.5. The maximum Gasteiger partial charge on any atom is 0.258 e. The van der Waals surface area contributed by atoms with Gasteiger partial charge in [-0.15, -0.1) is 0 Å². The molecule has 1 saturated carbocycles. The summed E-state index contributed by atoms with van der Waals surface area (Å²) in [5.74, 6) is 0.386. The lowest BCUT2D eigenvalue weighted by molar-refractivity contribution is 0.436. The molecule has 2 N–H and O–H groups in total.